The van der Waals surface area contributed by atoms with Gasteiger partial charge in [-0.3, -0.25) is 9.59 Å². The summed E-state index contributed by atoms with van der Waals surface area (Å²) in [6.07, 6.45) is 2.57. The number of nitrogens with one attached hydrogen (secondary N) is 2. The molecule has 0 atom stereocenters. The van der Waals surface area contributed by atoms with Crippen molar-refractivity contribution < 1.29 is 23.1 Å². The predicted molar refractivity (Wildman–Crippen MR) is 81.5 cm³/mol. The number of hydrogen-bond donors (Lipinski definition) is 2. The van der Waals surface area contributed by atoms with Crippen LogP contribution in [0.2, 0.25) is 0 Å². The molecule has 0 unspecified atom stereocenters. The summed E-state index contributed by atoms with van der Waals surface area (Å²) in [4.78, 5) is 22.2. The maximum Gasteiger partial charge on any atom is 0.387 e. The zero-order chi connectivity index (χ0) is 16.5. The summed E-state index contributed by atoms with van der Waals surface area (Å²) in [5, 5.41) is 5.07. The lowest BCUT2D eigenvalue weighted by Gasteiger charge is -2.08. The molecular formula is C14H15BrF2N2O3. The van der Waals surface area contributed by atoms with Crippen molar-refractivity contribution in [2.75, 3.05) is 13.1 Å². The molecule has 0 fully saturated rings. The molecule has 8 heteroatoms. The number of halogens is 3. The standard InChI is InChI=1S/C14H15BrF2N2O3/c1-9(20)18-6-7-19-13(21)5-2-10-8-11(15)3-4-12(10)22-14(16)17/h2-5,8,14H,6-7H2,1H3,(H,18,20)(H,19,21)/b5-2+. The Morgan fingerprint density at radius 1 is 1.32 bits per heavy atom. The average molecular weight is 377 g/mol. The largest absolute Gasteiger partial charge is 0.434 e. The molecule has 2 amide bonds. The number of ether oxygens (including phenoxy) is 1. The Morgan fingerprint density at radius 2 is 2.00 bits per heavy atom. The van der Waals surface area contributed by atoms with Gasteiger partial charge in [-0.25, -0.2) is 0 Å². The third kappa shape index (κ3) is 7.16. The van der Waals surface area contributed by atoms with Gasteiger partial charge >= 0.3 is 6.61 Å². The van der Waals surface area contributed by atoms with Crippen LogP contribution in [0.4, 0.5) is 8.78 Å². The lowest BCUT2D eigenvalue weighted by Crippen LogP contribution is -2.32. The van der Waals surface area contributed by atoms with E-state index in [0.29, 0.717) is 16.6 Å². The molecule has 2 N–H and O–H groups in total. The molecule has 0 aliphatic rings. The highest BCUT2D eigenvalue weighted by molar-refractivity contribution is 9.10. The SMILES string of the molecule is CC(=O)NCCNC(=O)/C=C/c1cc(Br)ccc1OC(F)F. The summed E-state index contributed by atoms with van der Waals surface area (Å²) in [7, 11) is 0. The topological polar surface area (TPSA) is 67.4 Å². The third-order valence-electron chi connectivity index (χ3n) is 2.40. The lowest BCUT2D eigenvalue weighted by molar-refractivity contribution is -0.119. The van der Waals surface area contributed by atoms with Crippen LogP contribution in [0.3, 0.4) is 0 Å². The monoisotopic (exact) mass is 376 g/mol. The Kier molecular flexibility index (Phi) is 7.51. The minimum absolute atomic E-state index is 0.0273. The van der Waals surface area contributed by atoms with E-state index in [1.165, 1.54) is 25.1 Å². The van der Waals surface area contributed by atoms with Crippen LogP contribution in [0.15, 0.2) is 28.7 Å². The van der Waals surface area contributed by atoms with E-state index < -0.39 is 12.5 Å². The van der Waals surface area contributed by atoms with Crippen LogP contribution in [0, 0.1) is 0 Å². The van der Waals surface area contributed by atoms with Crippen molar-refractivity contribution in [2.24, 2.45) is 0 Å². The van der Waals surface area contributed by atoms with Crippen molar-refractivity contribution in [3.63, 3.8) is 0 Å². The van der Waals surface area contributed by atoms with Crippen LogP contribution >= 0.6 is 15.9 Å². The zero-order valence-electron chi connectivity index (χ0n) is 11.7. The van der Waals surface area contributed by atoms with Gasteiger partial charge in [0, 0.05) is 36.1 Å². The third-order valence-corrected chi connectivity index (χ3v) is 2.89. The first-order valence-electron chi connectivity index (χ1n) is 6.33. The first-order valence-corrected chi connectivity index (χ1v) is 7.12. The highest BCUT2D eigenvalue weighted by Crippen LogP contribution is 2.25. The Labute approximate surface area is 134 Å². The summed E-state index contributed by atoms with van der Waals surface area (Å²) in [5.41, 5.74) is 0.340. The molecule has 120 valence electrons. The van der Waals surface area contributed by atoms with Gasteiger partial charge in [-0.1, -0.05) is 15.9 Å². The number of rotatable bonds is 7. The van der Waals surface area contributed by atoms with Gasteiger partial charge in [-0.15, -0.1) is 0 Å². The van der Waals surface area contributed by atoms with E-state index in [4.69, 9.17) is 0 Å². The van der Waals surface area contributed by atoms with E-state index in [-0.39, 0.29) is 18.2 Å². The van der Waals surface area contributed by atoms with Crippen molar-refractivity contribution in [1.82, 2.24) is 10.6 Å². The van der Waals surface area contributed by atoms with Crippen LogP contribution in [-0.2, 0) is 9.59 Å². The van der Waals surface area contributed by atoms with E-state index in [2.05, 4.69) is 31.3 Å². The molecule has 1 aromatic rings. The van der Waals surface area contributed by atoms with Gasteiger partial charge < -0.3 is 15.4 Å². The molecule has 0 saturated heterocycles. The molecule has 1 rings (SSSR count). The Bertz CT molecular complexity index is 565. The van der Waals surface area contributed by atoms with Crippen molar-refractivity contribution in [2.45, 2.75) is 13.5 Å². The smallest absolute Gasteiger partial charge is 0.387 e. The fourth-order valence-electron chi connectivity index (χ4n) is 1.50. The summed E-state index contributed by atoms with van der Waals surface area (Å²) < 4.78 is 29.6. The first-order chi connectivity index (χ1) is 10.4. The molecule has 0 heterocycles. The maximum absolute atomic E-state index is 12.3. The fourth-order valence-corrected chi connectivity index (χ4v) is 1.88. The molecule has 5 nitrogen and oxygen atoms in total. The number of benzene rings is 1. The van der Waals surface area contributed by atoms with E-state index in [9.17, 15) is 18.4 Å². The molecule has 22 heavy (non-hydrogen) atoms. The van der Waals surface area contributed by atoms with Crippen LogP contribution in [0.25, 0.3) is 6.08 Å². The molecule has 0 aliphatic carbocycles. The highest BCUT2D eigenvalue weighted by atomic mass is 79.9. The summed E-state index contributed by atoms with van der Waals surface area (Å²) in [6.45, 7) is -0.994. The van der Waals surface area contributed by atoms with Crippen LogP contribution in [0.5, 0.6) is 5.75 Å². The van der Waals surface area contributed by atoms with Gasteiger partial charge in [-0.05, 0) is 24.3 Å². The van der Waals surface area contributed by atoms with Gasteiger partial charge in [-0.2, -0.15) is 8.78 Å². The molecule has 0 aliphatic heterocycles. The average Bonchev–Trinajstić information content (AvgIpc) is 2.43. The summed E-state index contributed by atoms with van der Waals surface area (Å²) >= 11 is 3.22. The van der Waals surface area contributed by atoms with E-state index in [1.807, 2.05) is 0 Å². The number of alkyl halides is 2. The van der Waals surface area contributed by atoms with Gasteiger partial charge in [0.2, 0.25) is 11.8 Å². The molecule has 0 aromatic heterocycles. The number of carbonyl (C=O) groups is 2. The quantitative estimate of drug-likeness (QED) is 0.566. The second-order valence-corrected chi connectivity index (χ2v) is 5.08. The molecule has 0 spiro atoms. The Hall–Kier alpha value is -1.96. The minimum Gasteiger partial charge on any atom is -0.434 e. The molecular weight excluding hydrogens is 362 g/mol. The van der Waals surface area contributed by atoms with Crippen molar-refractivity contribution in [3.8, 4) is 5.75 Å². The molecule has 1 aromatic carbocycles. The van der Waals surface area contributed by atoms with Gasteiger partial charge in [0.05, 0.1) is 0 Å². The van der Waals surface area contributed by atoms with Crippen molar-refractivity contribution in [1.29, 1.82) is 0 Å². The predicted octanol–water partition coefficient (Wildman–Crippen LogP) is 2.32. The molecule has 0 radical (unpaired) electrons. The second kappa shape index (κ2) is 9.14. The molecule has 0 bridgehead atoms. The Balaban J connectivity index is 2.62. The lowest BCUT2D eigenvalue weighted by atomic mass is 10.2. The van der Waals surface area contributed by atoms with E-state index in [0.717, 1.165) is 0 Å². The molecule has 0 saturated carbocycles. The van der Waals surface area contributed by atoms with Crippen LogP contribution in [0.1, 0.15) is 12.5 Å². The van der Waals surface area contributed by atoms with Gasteiger partial charge in [0.25, 0.3) is 0 Å². The summed E-state index contributed by atoms with van der Waals surface area (Å²) in [5.74, 6) is -0.624. The summed E-state index contributed by atoms with van der Waals surface area (Å²) in [6, 6.07) is 4.49. The van der Waals surface area contributed by atoms with Crippen LogP contribution in [-0.4, -0.2) is 31.5 Å². The first kappa shape index (κ1) is 18.1. The van der Waals surface area contributed by atoms with E-state index >= 15 is 0 Å². The Morgan fingerprint density at radius 3 is 2.64 bits per heavy atom. The number of hydrogen-bond acceptors (Lipinski definition) is 3. The van der Waals surface area contributed by atoms with Crippen molar-refractivity contribution >= 4 is 33.8 Å². The van der Waals surface area contributed by atoms with Gasteiger partial charge in [0.15, 0.2) is 0 Å². The van der Waals surface area contributed by atoms with E-state index in [1.54, 1.807) is 12.1 Å². The van der Waals surface area contributed by atoms with Crippen molar-refractivity contribution in [3.05, 3.63) is 34.3 Å². The number of carbonyl (C=O) groups excluding carboxylic acids is 2. The second-order valence-electron chi connectivity index (χ2n) is 4.17. The normalized spacial score (nSPS) is 10.8. The maximum atomic E-state index is 12.3. The highest BCUT2D eigenvalue weighted by Gasteiger charge is 2.08. The van der Waals surface area contributed by atoms with Crippen LogP contribution < -0.4 is 15.4 Å². The number of amides is 2. The fraction of sp³-hybridized carbons (Fsp3) is 0.286. The zero-order valence-corrected chi connectivity index (χ0v) is 13.3. The van der Waals surface area contributed by atoms with Gasteiger partial charge in [0.1, 0.15) is 5.75 Å². The minimum atomic E-state index is -2.94.